The van der Waals surface area contributed by atoms with E-state index < -0.39 is 5.41 Å². The van der Waals surface area contributed by atoms with Crippen molar-refractivity contribution in [1.82, 2.24) is 9.78 Å². The first kappa shape index (κ1) is 15.4. The third-order valence-corrected chi connectivity index (χ3v) is 6.26. The van der Waals surface area contributed by atoms with E-state index in [1.54, 1.807) is 19.2 Å². The minimum Gasteiger partial charge on any atom is -0.468 e. The number of fused-ring (bicyclic) bond motifs is 1. The molecule has 0 aliphatic heterocycles. The fourth-order valence-electron chi connectivity index (χ4n) is 5.04. The number of nitrogens with zero attached hydrogens (tertiary/aromatic N) is 2. The SMILES string of the molecule is COC(=O)C1(c2cccc(F)c2C)CCC2(c3ccnn3C)CC21. The summed E-state index contributed by atoms with van der Waals surface area (Å²) in [5.41, 5.74) is 1.69. The minimum absolute atomic E-state index is 0.0435. The Morgan fingerprint density at radius 1 is 1.38 bits per heavy atom. The molecule has 0 radical (unpaired) electrons. The molecule has 24 heavy (non-hydrogen) atoms. The predicted molar refractivity (Wildman–Crippen MR) is 87.1 cm³/mol. The van der Waals surface area contributed by atoms with Crippen LogP contribution in [0.5, 0.6) is 0 Å². The van der Waals surface area contributed by atoms with Gasteiger partial charge in [0.05, 0.1) is 12.5 Å². The molecule has 2 aliphatic carbocycles. The Hall–Kier alpha value is -2.17. The number of aryl methyl sites for hydroxylation is 1. The molecule has 1 heterocycles. The van der Waals surface area contributed by atoms with Crippen LogP contribution in [0.4, 0.5) is 4.39 Å². The van der Waals surface area contributed by atoms with Gasteiger partial charge in [0.25, 0.3) is 0 Å². The summed E-state index contributed by atoms with van der Waals surface area (Å²) >= 11 is 0. The van der Waals surface area contributed by atoms with Crippen LogP contribution in [0.3, 0.4) is 0 Å². The zero-order valence-corrected chi connectivity index (χ0v) is 14.2. The lowest BCUT2D eigenvalue weighted by Crippen LogP contribution is -2.38. The fourth-order valence-corrected chi connectivity index (χ4v) is 5.04. The number of benzene rings is 1. The van der Waals surface area contributed by atoms with Crippen LogP contribution in [0.15, 0.2) is 30.5 Å². The molecule has 1 aromatic heterocycles. The lowest BCUT2D eigenvalue weighted by molar-refractivity contribution is -0.148. The molecule has 126 valence electrons. The second kappa shape index (κ2) is 4.91. The average Bonchev–Trinajstić information content (AvgIpc) is 2.99. The molecule has 4 rings (SSSR count). The highest BCUT2D eigenvalue weighted by molar-refractivity contribution is 5.86. The maximum absolute atomic E-state index is 14.2. The highest BCUT2D eigenvalue weighted by atomic mass is 19.1. The van der Waals surface area contributed by atoms with Gasteiger partial charge < -0.3 is 4.74 Å². The summed E-state index contributed by atoms with van der Waals surface area (Å²) in [6, 6.07) is 7.05. The highest BCUT2D eigenvalue weighted by Gasteiger charge is 2.73. The molecule has 5 heteroatoms. The second-order valence-electron chi connectivity index (χ2n) is 7.13. The van der Waals surface area contributed by atoms with Crippen LogP contribution in [0.2, 0.25) is 0 Å². The van der Waals surface area contributed by atoms with Crippen molar-refractivity contribution >= 4 is 5.97 Å². The first-order chi connectivity index (χ1) is 11.5. The number of aromatic nitrogens is 2. The Bertz CT molecular complexity index is 831. The van der Waals surface area contributed by atoms with Crippen LogP contribution in [0.25, 0.3) is 0 Å². The summed E-state index contributed by atoms with van der Waals surface area (Å²) < 4.78 is 21.3. The number of ether oxygens (including phenoxy) is 1. The molecular formula is C19H21FN2O2. The van der Waals surface area contributed by atoms with E-state index in [4.69, 9.17) is 4.74 Å². The van der Waals surface area contributed by atoms with Crippen LogP contribution < -0.4 is 0 Å². The van der Waals surface area contributed by atoms with Gasteiger partial charge in [-0.25, -0.2) is 4.39 Å². The normalized spacial score (nSPS) is 30.9. The summed E-state index contributed by atoms with van der Waals surface area (Å²) in [5.74, 6) is -0.384. The molecule has 0 bridgehead atoms. The lowest BCUT2D eigenvalue weighted by atomic mass is 9.74. The van der Waals surface area contributed by atoms with E-state index in [0.717, 1.165) is 24.1 Å². The van der Waals surface area contributed by atoms with E-state index in [9.17, 15) is 9.18 Å². The Balaban J connectivity index is 1.86. The molecule has 2 saturated carbocycles. The van der Waals surface area contributed by atoms with Crippen molar-refractivity contribution in [2.45, 2.75) is 37.0 Å². The van der Waals surface area contributed by atoms with E-state index in [0.29, 0.717) is 12.0 Å². The maximum atomic E-state index is 14.2. The van der Waals surface area contributed by atoms with Crippen molar-refractivity contribution in [1.29, 1.82) is 0 Å². The van der Waals surface area contributed by atoms with Crippen LogP contribution in [0.1, 0.15) is 36.1 Å². The number of carbonyl (C=O) groups excluding carboxylic acids is 1. The highest BCUT2D eigenvalue weighted by Crippen LogP contribution is 2.72. The molecule has 1 aromatic carbocycles. The molecular weight excluding hydrogens is 307 g/mol. The first-order valence-corrected chi connectivity index (χ1v) is 8.30. The molecule has 4 nitrogen and oxygen atoms in total. The van der Waals surface area contributed by atoms with Gasteiger partial charge in [-0.15, -0.1) is 0 Å². The van der Waals surface area contributed by atoms with Crippen LogP contribution >= 0.6 is 0 Å². The molecule has 0 N–H and O–H groups in total. The fraction of sp³-hybridized carbons (Fsp3) is 0.474. The van der Waals surface area contributed by atoms with Crippen LogP contribution in [-0.4, -0.2) is 22.9 Å². The molecule has 0 amide bonds. The van der Waals surface area contributed by atoms with Gasteiger partial charge in [0.15, 0.2) is 0 Å². The topological polar surface area (TPSA) is 44.1 Å². The molecule has 3 unspecified atom stereocenters. The number of carbonyl (C=O) groups is 1. The smallest absolute Gasteiger partial charge is 0.316 e. The number of esters is 1. The van der Waals surface area contributed by atoms with Crippen LogP contribution in [-0.2, 0) is 27.4 Å². The monoisotopic (exact) mass is 328 g/mol. The van der Waals surface area contributed by atoms with Gasteiger partial charge in [-0.05, 0) is 55.4 Å². The quantitative estimate of drug-likeness (QED) is 0.814. The molecule has 2 aliphatic rings. The number of hydrogen-bond donors (Lipinski definition) is 0. The summed E-state index contributed by atoms with van der Waals surface area (Å²) in [7, 11) is 3.36. The van der Waals surface area contributed by atoms with Gasteiger partial charge in [-0.2, -0.15) is 5.10 Å². The minimum atomic E-state index is -0.759. The van der Waals surface area contributed by atoms with E-state index in [1.807, 2.05) is 23.9 Å². The van der Waals surface area contributed by atoms with Crippen molar-refractivity contribution in [2.75, 3.05) is 7.11 Å². The van der Waals surface area contributed by atoms with E-state index >= 15 is 0 Å². The Kier molecular flexibility index (Phi) is 3.15. The zero-order valence-electron chi connectivity index (χ0n) is 14.2. The largest absolute Gasteiger partial charge is 0.468 e. The number of methoxy groups -OCH3 is 1. The van der Waals surface area contributed by atoms with Crippen molar-refractivity contribution in [3.8, 4) is 0 Å². The van der Waals surface area contributed by atoms with Gasteiger partial charge in [0, 0.05) is 24.4 Å². The standard InChI is InChI=1S/C19H21FN2O2/c1-12-13(5-4-6-14(12)20)19(17(23)24-3)9-8-18(11-15(18)19)16-7-10-21-22(16)2/h4-7,10,15H,8-9,11H2,1-3H3. The Labute approximate surface area is 140 Å². The number of halogens is 1. The second-order valence-corrected chi connectivity index (χ2v) is 7.13. The molecule has 3 atom stereocenters. The summed E-state index contributed by atoms with van der Waals surface area (Å²) in [5, 5.41) is 4.29. The zero-order chi connectivity index (χ0) is 17.1. The van der Waals surface area contributed by atoms with Crippen molar-refractivity contribution in [2.24, 2.45) is 13.0 Å². The number of hydrogen-bond acceptors (Lipinski definition) is 3. The van der Waals surface area contributed by atoms with Crippen molar-refractivity contribution in [3.05, 3.63) is 53.1 Å². The molecule has 2 aromatic rings. The third kappa shape index (κ3) is 1.73. The summed E-state index contributed by atoms with van der Waals surface area (Å²) in [6.07, 6.45) is 4.28. The van der Waals surface area contributed by atoms with E-state index in [2.05, 4.69) is 5.10 Å². The molecule has 0 saturated heterocycles. The van der Waals surface area contributed by atoms with Gasteiger partial charge in [-0.3, -0.25) is 9.48 Å². The predicted octanol–water partition coefficient (Wildman–Crippen LogP) is 3.03. The van der Waals surface area contributed by atoms with Gasteiger partial charge >= 0.3 is 5.97 Å². The maximum Gasteiger partial charge on any atom is 0.316 e. The summed E-state index contributed by atoms with van der Waals surface area (Å²) in [4.78, 5) is 12.9. The Morgan fingerprint density at radius 2 is 2.17 bits per heavy atom. The lowest BCUT2D eigenvalue weighted by Gasteiger charge is -2.30. The number of rotatable bonds is 3. The van der Waals surface area contributed by atoms with Gasteiger partial charge in [0.2, 0.25) is 0 Å². The molecule has 2 fully saturated rings. The van der Waals surface area contributed by atoms with Gasteiger partial charge in [-0.1, -0.05) is 12.1 Å². The van der Waals surface area contributed by atoms with E-state index in [1.165, 1.54) is 13.2 Å². The van der Waals surface area contributed by atoms with Crippen molar-refractivity contribution < 1.29 is 13.9 Å². The first-order valence-electron chi connectivity index (χ1n) is 8.30. The summed E-state index contributed by atoms with van der Waals surface area (Å²) in [6.45, 7) is 1.75. The van der Waals surface area contributed by atoms with Gasteiger partial charge in [0.1, 0.15) is 5.82 Å². The average molecular weight is 328 g/mol. The van der Waals surface area contributed by atoms with Crippen molar-refractivity contribution in [3.63, 3.8) is 0 Å². The Morgan fingerprint density at radius 3 is 2.79 bits per heavy atom. The van der Waals surface area contributed by atoms with Crippen LogP contribution in [0, 0.1) is 18.7 Å². The van der Waals surface area contributed by atoms with E-state index in [-0.39, 0.29) is 23.1 Å². The molecule has 0 spiro atoms. The third-order valence-electron chi connectivity index (χ3n) is 6.26.